The van der Waals surface area contributed by atoms with Gasteiger partial charge in [0.15, 0.2) is 17.5 Å². The van der Waals surface area contributed by atoms with Gasteiger partial charge in [0.2, 0.25) is 5.75 Å². The minimum atomic E-state index is 0.347. The molecule has 1 aliphatic rings. The smallest absolute Gasteiger partial charge is 0.203 e. The second-order valence-corrected chi connectivity index (χ2v) is 7.19. The topological polar surface area (TPSA) is 73.3 Å². The van der Waals surface area contributed by atoms with Crippen LogP contribution in [0, 0.1) is 5.41 Å². The lowest BCUT2D eigenvalue weighted by atomic mass is 9.67. The Bertz CT molecular complexity index is 645. The summed E-state index contributed by atoms with van der Waals surface area (Å²) in [5.41, 5.74) is 1.40. The molecule has 0 heterocycles. The number of nitrogens with one attached hydrogen (secondary N) is 2. The molecule has 1 aromatic rings. The molecule has 1 aliphatic carbocycles. The summed E-state index contributed by atoms with van der Waals surface area (Å²) in [6.45, 7) is 2.47. The fraction of sp³-hybridized carbons (Fsp3) is 0.667. The Morgan fingerprint density at radius 2 is 1.79 bits per heavy atom. The van der Waals surface area contributed by atoms with Crippen LogP contribution in [-0.2, 0) is 11.2 Å². The fourth-order valence-electron chi connectivity index (χ4n) is 3.68. The predicted molar refractivity (Wildman–Crippen MR) is 112 cm³/mol. The predicted octanol–water partition coefficient (Wildman–Crippen LogP) is 2.63. The van der Waals surface area contributed by atoms with Crippen molar-refractivity contribution in [3.8, 4) is 17.2 Å². The first kappa shape index (κ1) is 22.1. The van der Waals surface area contributed by atoms with Crippen LogP contribution >= 0.6 is 0 Å². The average molecular weight is 394 g/mol. The Balaban J connectivity index is 1.89. The number of rotatable bonds is 11. The molecular weight excluding hydrogens is 358 g/mol. The highest BCUT2D eigenvalue weighted by atomic mass is 16.5. The van der Waals surface area contributed by atoms with Gasteiger partial charge in [-0.1, -0.05) is 12.5 Å². The Labute approximate surface area is 168 Å². The van der Waals surface area contributed by atoms with E-state index < -0.39 is 0 Å². The first-order chi connectivity index (χ1) is 13.6. The molecule has 1 saturated carbocycles. The van der Waals surface area contributed by atoms with E-state index in [4.69, 9.17) is 18.9 Å². The summed E-state index contributed by atoms with van der Waals surface area (Å²) in [7, 11) is 8.45. The number of methoxy groups -OCH3 is 4. The fourth-order valence-corrected chi connectivity index (χ4v) is 3.68. The molecule has 0 aliphatic heterocycles. The maximum atomic E-state index is 5.56. The van der Waals surface area contributed by atoms with Gasteiger partial charge >= 0.3 is 0 Å². The number of hydrogen-bond donors (Lipinski definition) is 2. The molecule has 2 N–H and O–H groups in total. The molecule has 0 atom stereocenters. The summed E-state index contributed by atoms with van der Waals surface area (Å²) in [4.78, 5) is 4.35. The number of hydrogen-bond acceptors (Lipinski definition) is 5. The number of guanidine groups is 1. The highest BCUT2D eigenvalue weighted by Gasteiger charge is 2.36. The quantitative estimate of drug-likeness (QED) is 0.445. The van der Waals surface area contributed by atoms with E-state index in [9.17, 15) is 0 Å². The Hall–Kier alpha value is -2.15. The molecule has 2 rings (SSSR count). The van der Waals surface area contributed by atoms with Crippen LogP contribution in [0.4, 0.5) is 0 Å². The molecule has 1 fully saturated rings. The highest BCUT2D eigenvalue weighted by molar-refractivity contribution is 5.79. The zero-order chi connectivity index (χ0) is 20.4. The molecule has 0 amide bonds. The maximum absolute atomic E-state index is 5.56. The molecule has 0 spiro atoms. The van der Waals surface area contributed by atoms with Crippen LogP contribution in [0.2, 0.25) is 0 Å². The van der Waals surface area contributed by atoms with Crippen LogP contribution in [0.25, 0.3) is 0 Å². The average Bonchev–Trinajstić information content (AvgIpc) is 2.70. The number of nitrogens with zero attached hydrogens (tertiary/aromatic N) is 1. The molecule has 0 unspecified atom stereocenters. The largest absolute Gasteiger partial charge is 0.493 e. The monoisotopic (exact) mass is 393 g/mol. The van der Waals surface area contributed by atoms with E-state index >= 15 is 0 Å². The Morgan fingerprint density at radius 3 is 2.32 bits per heavy atom. The van der Waals surface area contributed by atoms with Crippen LogP contribution in [0.15, 0.2) is 17.1 Å². The molecule has 158 valence electrons. The van der Waals surface area contributed by atoms with E-state index in [0.29, 0.717) is 22.7 Å². The molecule has 0 bridgehead atoms. The van der Waals surface area contributed by atoms with Gasteiger partial charge in [-0.2, -0.15) is 0 Å². The van der Waals surface area contributed by atoms with E-state index in [0.717, 1.165) is 44.1 Å². The summed E-state index contributed by atoms with van der Waals surface area (Å²) in [6.07, 6.45) is 5.68. The molecular formula is C21H35N3O4. The molecule has 7 nitrogen and oxygen atoms in total. The summed E-state index contributed by atoms with van der Waals surface area (Å²) in [5.74, 6) is 2.81. The minimum Gasteiger partial charge on any atom is -0.493 e. The second-order valence-electron chi connectivity index (χ2n) is 7.19. The zero-order valence-electron chi connectivity index (χ0n) is 17.9. The van der Waals surface area contributed by atoms with Crippen molar-refractivity contribution in [3.05, 3.63) is 17.7 Å². The molecule has 28 heavy (non-hydrogen) atoms. The highest BCUT2D eigenvalue weighted by Crippen LogP contribution is 2.43. The summed E-state index contributed by atoms with van der Waals surface area (Å²) >= 11 is 0. The van der Waals surface area contributed by atoms with Crippen LogP contribution in [0.3, 0.4) is 0 Å². The van der Waals surface area contributed by atoms with Crippen molar-refractivity contribution in [2.75, 3.05) is 55.2 Å². The Kier molecular flexibility index (Phi) is 8.70. The van der Waals surface area contributed by atoms with Gasteiger partial charge in [0, 0.05) is 39.4 Å². The van der Waals surface area contributed by atoms with E-state index in [1.807, 2.05) is 12.1 Å². The van der Waals surface area contributed by atoms with Crippen molar-refractivity contribution in [1.82, 2.24) is 10.6 Å². The SMILES string of the molecule is CN=C(NCCc1ccc(OC)c(OC)c1OC)NCC1(CCOC)CCC1. The maximum Gasteiger partial charge on any atom is 0.203 e. The minimum absolute atomic E-state index is 0.347. The van der Waals surface area contributed by atoms with Gasteiger partial charge in [0.25, 0.3) is 0 Å². The molecule has 1 aromatic carbocycles. The summed E-state index contributed by atoms with van der Waals surface area (Å²) in [5, 5.41) is 6.88. The number of benzene rings is 1. The van der Waals surface area contributed by atoms with Gasteiger partial charge in [-0.05, 0) is 37.2 Å². The van der Waals surface area contributed by atoms with Gasteiger partial charge in [0.05, 0.1) is 21.3 Å². The van der Waals surface area contributed by atoms with Gasteiger partial charge in [-0.15, -0.1) is 0 Å². The van der Waals surface area contributed by atoms with E-state index in [1.54, 1.807) is 35.5 Å². The normalized spacial score (nSPS) is 15.5. The van der Waals surface area contributed by atoms with Gasteiger partial charge in [-0.3, -0.25) is 4.99 Å². The van der Waals surface area contributed by atoms with Crippen molar-refractivity contribution in [1.29, 1.82) is 0 Å². The van der Waals surface area contributed by atoms with Crippen molar-refractivity contribution in [3.63, 3.8) is 0 Å². The lowest BCUT2D eigenvalue weighted by Crippen LogP contribution is -2.47. The van der Waals surface area contributed by atoms with Crippen molar-refractivity contribution in [2.24, 2.45) is 10.4 Å². The molecule has 0 aromatic heterocycles. The van der Waals surface area contributed by atoms with E-state index in [-0.39, 0.29) is 0 Å². The van der Waals surface area contributed by atoms with Gasteiger partial charge < -0.3 is 29.6 Å². The van der Waals surface area contributed by atoms with E-state index in [1.165, 1.54) is 19.3 Å². The third kappa shape index (κ3) is 5.44. The first-order valence-corrected chi connectivity index (χ1v) is 9.84. The van der Waals surface area contributed by atoms with E-state index in [2.05, 4.69) is 15.6 Å². The first-order valence-electron chi connectivity index (χ1n) is 9.84. The van der Waals surface area contributed by atoms with Crippen molar-refractivity contribution in [2.45, 2.75) is 32.1 Å². The number of ether oxygens (including phenoxy) is 4. The lowest BCUT2D eigenvalue weighted by Gasteiger charge is -2.42. The molecule has 0 saturated heterocycles. The Morgan fingerprint density at radius 1 is 1.04 bits per heavy atom. The van der Waals surface area contributed by atoms with Crippen LogP contribution < -0.4 is 24.8 Å². The van der Waals surface area contributed by atoms with Crippen LogP contribution in [0.5, 0.6) is 17.2 Å². The van der Waals surface area contributed by atoms with Crippen molar-refractivity contribution < 1.29 is 18.9 Å². The van der Waals surface area contributed by atoms with Crippen molar-refractivity contribution >= 4 is 5.96 Å². The zero-order valence-corrected chi connectivity index (χ0v) is 17.9. The number of aliphatic imine (C=N–C) groups is 1. The third-order valence-corrected chi connectivity index (χ3v) is 5.58. The van der Waals surface area contributed by atoms with Gasteiger partial charge in [-0.25, -0.2) is 0 Å². The van der Waals surface area contributed by atoms with Crippen LogP contribution in [-0.4, -0.2) is 61.1 Å². The molecule has 7 heteroatoms. The summed E-state index contributed by atoms with van der Waals surface area (Å²) < 4.78 is 21.6. The third-order valence-electron chi connectivity index (χ3n) is 5.58. The van der Waals surface area contributed by atoms with Crippen LogP contribution in [0.1, 0.15) is 31.2 Å². The molecule has 0 radical (unpaired) electrons. The summed E-state index contributed by atoms with van der Waals surface area (Å²) in [6, 6.07) is 3.91. The standard InChI is InChI=1S/C21H35N3O4/c1-22-20(24-15-21(10-6-11-21)12-14-25-2)23-13-9-16-7-8-17(26-3)19(28-5)18(16)27-4/h7-8H,6,9-15H2,1-5H3,(H2,22,23,24). The second kappa shape index (κ2) is 11.0. The lowest BCUT2D eigenvalue weighted by molar-refractivity contribution is 0.0732. The van der Waals surface area contributed by atoms with Gasteiger partial charge in [0.1, 0.15) is 0 Å².